The molecule has 0 aromatic heterocycles. The summed E-state index contributed by atoms with van der Waals surface area (Å²) in [5, 5.41) is 18.6. The predicted octanol–water partition coefficient (Wildman–Crippen LogP) is 2.35. The van der Waals surface area contributed by atoms with Gasteiger partial charge in [-0.05, 0) is 45.5 Å². The number of nitrogens with zero attached hydrogens (tertiary/aromatic N) is 4. The van der Waals surface area contributed by atoms with Gasteiger partial charge in [-0.2, -0.15) is 10.5 Å². The summed E-state index contributed by atoms with van der Waals surface area (Å²) in [7, 11) is 4.23. The van der Waals surface area contributed by atoms with Gasteiger partial charge in [0.1, 0.15) is 12.1 Å². The number of para-hydroxylation sites is 1. The Morgan fingerprint density at radius 3 is 2.30 bits per heavy atom. The lowest BCUT2D eigenvalue weighted by molar-refractivity contribution is 0.272. The average molecular weight is 268 g/mol. The summed E-state index contributed by atoms with van der Waals surface area (Å²) >= 11 is 0. The molecule has 1 fully saturated rings. The zero-order valence-corrected chi connectivity index (χ0v) is 12.1. The lowest BCUT2D eigenvalue weighted by Gasteiger charge is -2.26. The SMILES string of the molecule is CN(C)C1CCCN(c2c(C#N)cccc2C#N)CC1. The molecular weight excluding hydrogens is 248 g/mol. The fourth-order valence-electron chi connectivity index (χ4n) is 2.88. The summed E-state index contributed by atoms with van der Waals surface area (Å²) in [5.41, 5.74) is 2.02. The Morgan fingerprint density at radius 2 is 1.75 bits per heavy atom. The highest BCUT2D eigenvalue weighted by molar-refractivity contribution is 5.68. The minimum Gasteiger partial charge on any atom is -0.369 e. The molecule has 1 aliphatic rings. The van der Waals surface area contributed by atoms with Crippen LogP contribution < -0.4 is 4.90 Å². The van der Waals surface area contributed by atoms with E-state index in [1.54, 1.807) is 18.2 Å². The molecule has 1 saturated heterocycles. The number of anilines is 1. The lowest BCUT2D eigenvalue weighted by Crippen LogP contribution is -2.30. The van der Waals surface area contributed by atoms with E-state index in [9.17, 15) is 10.5 Å². The quantitative estimate of drug-likeness (QED) is 0.826. The van der Waals surface area contributed by atoms with E-state index in [-0.39, 0.29) is 0 Å². The van der Waals surface area contributed by atoms with E-state index >= 15 is 0 Å². The molecule has 1 unspecified atom stereocenters. The smallest absolute Gasteiger partial charge is 0.101 e. The molecule has 1 aromatic carbocycles. The second-order valence-electron chi connectivity index (χ2n) is 5.46. The molecule has 0 saturated carbocycles. The van der Waals surface area contributed by atoms with E-state index in [1.165, 1.54) is 6.42 Å². The molecule has 2 rings (SSSR count). The molecule has 0 bridgehead atoms. The topological polar surface area (TPSA) is 54.1 Å². The van der Waals surface area contributed by atoms with Gasteiger partial charge >= 0.3 is 0 Å². The first-order valence-electron chi connectivity index (χ1n) is 7.02. The maximum absolute atomic E-state index is 9.29. The Morgan fingerprint density at radius 1 is 1.10 bits per heavy atom. The highest BCUT2D eigenvalue weighted by Crippen LogP contribution is 2.28. The Kier molecular flexibility index (Phi) is 4.61. The fourth-order valence-corrected chi connectivity index (χ4v) is 2.88. The minimum absolute atomic E-state index is 0.583. The zero-order chi connectivity index (χ0) is 14.5. The summed E-state index contributed by atoms with van der Waals surface area (Å²) in [5.74, 6) is 0. The van der Waals surface area contributed by atoms with E-state index < -0.39 is 0 Å². The second-order valence-corrected chi connectivity index (χ2v) is 5.46. The van der Waals surface area contributed by atoms with Crippen molar-refractivity contribution >= 4 is 5.69 Å². The van der Waals surface area contributed by atoms with E-state index in [2.05, 4.69) is 36.0 Å². The maximum Gasteiger partial charge on any atom is 0.101 e. The van der Waals surface area contributed by atoms with Crippen LogP contribution in [-0.2, 0) is 0 Å². The number of rotatable bonds is 2. The maximum atomic E-state index is 9.29. The summed E-state index contributed by atoms with van der Waals surface area (Å²) in [4.78, 5) is 4.48. The van der Waals surface area contributed by atoms with Gasteiger partial charge in [-0.1, -0.05) is 6.07 Å². The van der Waals surface area contributed by atoms with Crippen molar-refractivity contribution in [3.8, 4) is 12.1 Å². The Bertz CT molecular complexity index is 518. The van der Waals surface area contributed by atoms with Crippen LogP contribution in [0.25, 0.3) is 0 Å². The molecule has 1 aliphatic heterocycles. The van der Waals surface area contributed by atoms with Crippen LogP contribution in [0.2, 0.25) is 0 Å². The van der Waals surface area contributed by atoms with E-state index in [1.807, 2.05) is 0 Å². The third-order valence-corrected chi connectivity index (χ3v) is 4.02. The third-order valence-electron chi connectivity index (χ3n) is 4.02. The van der Waals surface area contributed by atoms with Crippen molar-refractivity contribution in [1.29, 1.82) is 10.5 Å². The summed E-state index contributed by atoms with van der Waals surface area (Å²) in [6, 6.07) is 10.4. The molecule has 1 atom stereocenters. The third kappa shape index (κ3) is 2.92. The minimum atomic E-state index is 0.583. The highest BCUT2D eigenvalue weighted by atomic mass is 15.2. The molecule has 0 aliphatic carbocycles. The number of benzene rings is 1. The number of hydrogen-bond donors (Lipinski definition) is 0. The van der Waals surface area contributed by atoms with Crippen LogP contribution in [-0.4, -0.2) is 38.1 Å². The van der Waals surface area contributed by atoms with Crippen molar-refractivity contribution in [2.24, 2.45) is 0 Å². The molecule has 0 amide bonds. The second kappa shape index (κ2) is 6.41. The molecule has 4 nitrogen and oxygen atoms in total. The number of hydrogen-bond acceptors (Lipinski definition) is 4. The first-order valence-corrected chi connectivity index (χ1v) is 7.02. The van der Waals surface area contributed by atoms with E-state index in [4.69, 9.17) is 0 Å². The molecule has 1 aromatic rings. The molecule has 0 N–H and O–H groups in total. The fraction of sp³-hybridized carbons (Fsp3) is 0.500. The van der Waals surface area contributed by atoms with Crippen LogP contribution in [0.15, 0.2) is 18.2 Å². The van der Waals surface area contributed by atoms with Gasteiger partial charge in [-0.15, -0.1) is 0 Å². The van der Waals surface area contributed by atoms with Gasteiger partial charge in [0.15, 0.2) is 0 Å². The van der Waals surface area contributed by atoms with Gasteiger partial charge in [0.05, 0.1) is 16.8 Å². The lowest BCUT2D eigenvalue weighted by atomic mass is 10.1. The Balaban J connectivity index is 2.29. The average Bonchev–Trinajstić information content (AvgIpc) is 2.72. The van der Waals surface area contributed by atoms with Gasteiger partial charge in [0.25, 0.3) is 0 Å². The van der Waals surface area contributed by atoms with Gasteiger partial charge in [-0.3, -0.25) is 0 Å². The van der Waals surface area contributed by atoms with Gasteiger partial charge in [0, 0.05) is 19.1 Å². The molecule has 20 heavy (non-hydrogen) atoms. The van der Waals surface area contributed by atoms with Crippen molar-refractivity contribution in [1.82, 2.24) is 4.90 Å². The Labute approximate surface area is 120 Å². The van der Waals surface area contributed by atoms with Crippen LogP contribution in [0.1, 0.15) is 30.4 Å². The predicted molar refractivity (Wildman–Crippen MR) is 79.4 cm³/mol. The van der Waals surface area contributed by atoms with Crippen LogP contribution in [0.5, 0.6) is 0 Å². The molecule has 104 valence electrons. The monoisotopic (exact) mass is 268 g/mol. The molecule has 0 radical (unpaired) electrons. The van der Waals surface area contributed by atoms with Gasteiger partial charge in [0.2, 0.25) is 0 Å². The normalized spacial score (nSPS) is 19.2. The number of nitriles is 2. The summed E-state index contributed by atoms with van der Waals surface area (Å²) < 4.78 is 0. The molecular formula is C16H20N4. The van der Waals surface area contributed by atoms with Crippen LogP contribution in [0.3, 0.4) is 0 Å². The van der Waals surface area contributed by atoms with Crippen LogP contribution >= 0.6 is 0 Å². The van der Waals surface area contributed by atoms with Crippen molar-refractivity contribution < 1.29 is 0 Å². The highest BCUT2D eigenvalue weighted by Gasteiger charge is 2.22. The van der Waals surface area contributed by atoms with Gasteiger partial charge in [-0.25, -0.2) is 0 Å². The van der Waals surface area contributed by atoms with Crippen LogP contribution in [0.4, 0.5) is 5.69 Å². The van der Waals surface area contributed by atoms with Crippen molar-refractivity contribution in [3.05, 3.63) is 29.3 Å². The standard InChI is InChI=1S/C16H20N4/c1-19(2)15-7-4-9-20(10-8-15)16-13(11-17)5-3-6-14(16)12-18/h3,5-6,15H,4,7-10H2,1-2H3. The first-order chi connectivity index (χ1) is 9.67. The first kappa shape index (κ1) is 14.4. The summed E-state index contributed by atoms with van der Waals surface area (Å²) in [6.07, 6.45) is 3.32. The van der Waals surface area contributed by atoms with Crippen molar-refractivity contribution in [2.75, 3.05) is 32.1 Å². The van der Waals surface area contributed by atoms with Crippen LogP contribution in [0, 0.1) is 22.7 Å². The molecule has 0 spiro atoms. The van der Waals surface area contributed by atoms with Gasteiger partial charge < -0.3 is 9.80 Å². The van der Waals surface area contributed by atoms with Crippen molar-refractivity contribution in [3.63, 3.8) is 0 Å². The largest absolute Gasteiger partial charge is 0.369 e. The Hall–Kier alpha value is -2.04. The van der Waals surface area contributed by atoms with E-state index in [0.29, 0.717) is 17.2 Å². The van der Waals surface area contributed by atoms with E-state index in [0.717, 1.165) is 31.6 Å². The zero-order valence-electron chi connectivity index (χ0n) is 12.1. The summed E-state index contributed by atoms with van der Waals surface area (Å²) in [6.45, 7) is 1.81. The van der Waals surface area contributed by atoms with Crippen molar-refractivity contribution in [2.45, 2.75) is 25.3 Å². The molecule has 4 heteroatoms. The molecule has 1 heterocycles.